The lowest BCUT2D eigenvalue weighted by molar-refractivity contribution is 0.409. The number of aromatic nitrogens is 2. The van der Waals surface area contributed by atoms with E-state index in [0.29, 0.717) is 31.2 Å². The molecule has 5 heteroatoms. The molecule has 4 rings (SSSR count). The number of aliphatic imine (C=N–C) groups is 1. The zero-order valence-corrected chi connectivity index (χ0v) is 14.1. The third kappa shape index (κ3) is 3.81. The van der Waals surface area contributed by atoms with Crippen LogP contribution in [0.15, 0.2) is 59.6 Å². The number of halogens is 1. The van der Waals surface area contributed by atoms with Gasteiger partial charge in [0.1, 0.15) is 5.82 Å². The van der Waals surface area contributed by atoms with Gasteiger partial charge in [0.25, 0.3) is 0 Å². The largest absolute Gasteiger partial charge is 0.352 e. The first-order valence-corrected chi connectivity index (χ1v) is 8.40. The van der Waals surface area contributed by atoms with Gasteiger partial charge in [0.05, 0.1) is 18.6 Å². The molecule has 0 amide bonds. The summed E-state index contributed by atoms with van der Waals surface area (Å²) in [4.78, 5) is 14.1. The number of benzene rings is 2. The van der Waals surface area contributed by atoms with E-state index in [4.69, 9.17) is 0 Å². The minimum absolute atomic E-state index is 0.226. The third-order valence-corrected chi connectivity index (χ3v) is 4.10. The van der Waals surface area contributed by atoms with E-state index in [0.717, 1.165) is 11.3 Å². The van der Waals surface area contributed by atoms with Gasteiger partial charge in [-0.1, -0.05) is 48.4 Å². The van der Waals surface area contributed by atoms with Crippen molar-refractivity contribution in [3.05, 3.63) is 83.1 Å². The van der Waals surface area contributed by atoms with Crippen molar-refractivity contribution in [2.45, 2.75) is 19.5 Å². The SMILES string of the molecule is Fc1ccc(CN2C=Nc3nc(C#CCc4ccccc4)[nH]c3C2)cc1. The number of rotatable bonds is 3. The van der Waals surface area contributed by atoms with Gasteiger partial charge in [-0.2, -0.15) is 0 Å². The van der Waals surface area contributed by atoms with Gasteiger partial charge in [-0.05, 0) is 29.2 Å². The van der Waals surface area contributed by atoms with Gasteiger partial charge in [0.2, 0.25) is 0 Å². The molecule has 0 unspecified atom stereocenters. The molecule has 2 heterocycles. The molecular formula is C21H17FN4. The number of imidazole rings is 1. The van der Waals surface area contributed by atoms with Crippen LogP contribution in [0, 0.1) is 17.7 Å². The molecule has 1 aliphatic heterocycles. The van der Waals surface area contributed by atoms with Crippen molar-refractivity contribution in [3.8, 4) is 11.8 Å². The first-order valence-electron chi connectivity index (χ1n) is 8.40. The number of H-pyrrole nitrogens is 1. The highest BCUT2D eigenvalue weighted by atomic mass is 19.1. The minimum atomic E-state index is -0.226. The molecule has 1 N–H and O–H groups in total. The molecule has 0 spiro atoms. The summed E-state index contributed by atoms with van der Waals surface area (Å²) in [7, 11) is 0. The summed E-state index contributed by atoms with van der Waals surface area (Å²) in [5.41, 5.74) is 3.15. The van der Waals surface area contributed by atoms with Crippen LogP contribution >= 0.6 is 0 Å². The van der Waals surface area contributed by atoms with Crippen molar-refractivity contribution in [2.75, 3.05) is 0 Å². The standard InChI is InChI=1S/C21H17FN4/c22-18-11-9-17(10-12-18)13-26-14-19-21(23-15-26)25-20(24-19)8-4-7-16-5-2-1-3-6-16/h1-3,5-6,9-12,15H,7,13-14H2,(H,24,25). The number of nitrogens with zero attached hydrogens (tertiary/aromatic N) is 3. The molecule has 0 fully saturated rings. The Bertz CT molecular complexity index is 978. The Morgan fingerprint density at radius 2 is 1.85 bits per heavy atom. The average Bonchev–Trinajstić information content (AvgIpc) is 3.06. The van der Waals surface area contributed by atoms with Crippen molar-refractivity contribution < 1.29 is 4.39 Å². The highest BCUT2D eigenvalue weighted by molar-refractivity contribution is 5.64. The number of aromatic amines is 1. The lowest BCUT2D eigenvalue weighted by atomic mass is 10.2. The topological polar surface area (TPSA) is 44.3 Å². The summed E-state index contributed by atoms with van der Waals surface area (Å²) in [6, 6.07) is 16.6. The molecule has 1 aliphatic rings. The molecule has 0 saturated carbocycles. The smallest absolute Gasteiger partial charge is 0.185 e. The molecule has 0 aliphatic carbocycles. The van der Waals surface area contributed by atoms with E-state index in [2.05, 4.69) is 43.8 Å². The zero-order valence-electron chi connectivity index (χ0n) is 14.1. The molecule has 4 nitrogen and oxygen atoms in total. The van der Waals surface area contributed by atoms with Crippen LogP contribution in [-0.4, -0.2) is 21.2 Å². The molecule has 128 valence electrons. The fourth-order valence-electron chi connectivity index (χ4n) is 2.80. The van der Waals surface area contributed by atoms with Crippen molar-refractivity contribution in [1.82, 2.24) is 14.9 Å². The lowest BCUT2D eigenvalue weighted by Crippen LogP contribution is -2.23. The molecule has 0 saturated heterocycles. The summed E-state index contributed by atoms with van der Waals surface area (Å²) in [5, 5.41) is 0. The van der Waals surface area contributed by atoms with Crippen LogP contribution in [0.3, 0.4) is 0 Å². The van der Waals surface area contributed by atoms with E-state index in [9.17, 15) is 4.39 Å². The molecule has 1 aromatic heterocycles. The second-order valence-electron chi connectivity index (χ2n) is 6.13. The van der Waals surface area contributed by atoms with Crippen LogP contribution in [0.5, 0.6) is 0 Å². The van der Waals surface area contributed by atoms with Gasteiger partial charge in [-0.15, -0.1) is 0 Å². The number of fused-ring (bicyclic) bond motifs is 1. The first kappa shape index (κ1) is 16.1. The van der Waals surface area contributed by atoms with Crippen LogP contribution in [0.2, 0.25) is 0 Å². The number of nitrogens with one attached hydrogen (secondary N) is 1. The van der Waals surface area contributed by atoms with Crippen LogP contribution in [0.25, 0.3) is 0 Å². The Balaban J connectivity index is 1.41. The second-order valence-corrected chi connectivity index (χ2v) is 6.13. The van der Waals surface area contributed by atoms with Crippen LogP contribution in [0.4, 0.5) is 10.2 Å². The minimum Gasteiger partial charge on any atom is -0.352 e. The molecule has 0 bridgehead atoms. The van der Waals surface area contributed by atoms with Crippen molar-refractivity contribution in [1.29, 1.82) is 0 Å². The van der Waals surface area contributed by atoms with Crippen molar-refractivity contribution in [3.63, 3.8) is 0 Å². The highest BCUT2D eigenvalue weighted by Crippen LogP contribution is 2.22. The summed E-state index contributed by atoms with van der Waals surface area (Å²) < 4.78 is 13.0. The predicted octanol–water partition coefficient (Wildman–Crippen LogP) is 3.82. The number of hydrogen-bond donors (Lipinski definition) is 1. The van der Waals surface area contributed by atoms with E-state index in [1.54, 1.807) is 18.5 Å². The summed E-state index contributed by atoms with van der Waals surface area (Å²) >= 11 is 0. The van der Waals surface area contributed by atoms with Crippen molar-refractivity contribution >= 4 is 12.2 Å². The quantitative estimate of drug-likeness (QED) is 0.734. The molecule has 26 heavy (non-hydrogen) atoms. The van der Waals surface area contributed by atoms with Gasteiger partial charge < -0.3 is 9.88 Å². The van der Waals surface area contributed by atoms with Gasteiger partial charge in [0, 0.05) is 13.0 Å². The monoisotopic (exact) mass is 344 g/mol. The van der Waals surface area contributed by atoms with Gasteiger partial charge in [-0.25, -0.2) is 14.4 Å². The maximum atomic E-state index is 13.0. The third-order valence-electron chi connectivity index (χ3n) is 4.10. The van der Waals surface area contributed by atoms with E-state index < -0.39 is 0 Å². The summed E-state index contributed by atoms with van der Waals surface area (Å²) in [6.45, 7) is 1.33. The van der Waals surface area contributed by atoms with Crippen LogP contribution in [-0.2, 0) is 19.5 Å². The molecule has 0 atom stereocenters. The Labute approximate surface area is 151 Å². The normalized spacial score (nSPS) is 12.4. The zero-order chi connectivity index (χ0) is 17.8. The Morgan fingerprint density at radius 1 is 1.04 bits per heavy atom. The maximum absolute atomic E-state index is 13.0. The molecule has 0 radical (unpaired) electrons. The fourth-order valence-corrected chi connectivity index (χ4v) is 2.80. The highest BCUT2D eigenvalue weighted by Gasteiger charge is 2.16. The molecule has 2 aromatic carbocycles. The number of hydrogen-bond acceptors (Lipinski definition) is 3. The Kier molecular flexibility index (Phi) is 4.48. The maximum Gasteiger partial charge on any atom is 0.185 e. The van der Waals surface area contributed by atoms with Crippen molar-refractivity contribution in [2.24, 2.45) is 4.99 Å². The predicted molar refractivity (Wildman–Crippen MR) is 99.4 cm³/mol. The second kappa shape index (κ2) is 7.24. The Morgan fingerprint density at radius 3 is 2.65 bits per heavy atom. The van der Waals surface area contributed by atoms with E-state index in [1.165, 1.54) is 17.7 Å². The first-order chi connectivity index (χ1) is 12.8. The van der Waals surface area contributed by atoms with Gasteiger partial charge in [-0.3, -0.25) is 0 Å². The van der Waals surface area contributed by atoms with Crippen LogP contribution < -0.4 is 0 Å². The average molecular weight is 344 g/mol. The van der Waals surface area contributed by atoms with E-state index in [-0.39, 0.29) is 5.82 Å². The Hall–Kier alpha value is -3.39. The molecule has 3 aromatic rings. The summed E-state index contributed by atoms with van der Waals surface area (Å²) in [5.74, 6) is 7.30. The molecular weight excluding hydrogens is 327 g/mol. The lowest BCUT2D eigenvalue weighted by Gasteiger charge is -2.21. The van der Waals surface area contributed by atoms with Crippen LogP contribution in [0.1, 0.15) is 22.6 Å². The van der Waals surface area contributed by atoms with E-state index in [1.807, 2.05) is 18.2 Å². The fraction of sp³-hybridized carbons (Fsp3) is 0.143. The van der Waals surface area contributed by atoms with Gasteiger partial charge >= 0.3 is 0 Å². The van der Waals surface area contributed by atoms with E-state index >= 15 is 0 Å². The summed E-state index contributed by atoms with van der Waals surface area (Å²) in [6.07, 6.45) is 2.46. The van der Waals surface area contributed by atoms with Gasteiger partial charge in [0.15, 0.2) is 11.6 Å².